The van der Waals surface area contributed by atoms with Gasteiger partial charge in [-0.15, -0.1) is 0 Å². The highest BCUT2D eigenvalue weighted by Gasteiger charge is 2.30. The molecule has 120 valence electrons. The molecule has 0 unspecified atom stereocenters. The lowest BCUT2D eigenvalue weighted by Crippen LogP contribution is -2.46. The lowest BCUT2D eigenvalue weighted by Gasteiger charge is -2.41. The Kier molecular flexibility index (Phi) is 8.13. The van der Waals surface area contributed by atoms with E-state index in [2.05, 4.69) is 45.0 Å². The van der Waals surface area contributed by atoms with Crippen molar-refractivity contribution < 1.29 is 0 Å². The van der Waals surface area contributed by atoms with Gasteiger partial charge >= 0.3 is 0 Å². The van der Waals surface area contributed by atoms with Crippen LogP contribution in [0, 0.1) is 11.3 Å². The number of rotatable bonds is 9. The summed E-state index contributed by atoms with van der Waals surface area (Å²) in [6.07, 6.45) is 9.47. The fourth-order valence-electron chi connectivity index (χ4n) is 3.65. The zero-order valence-corrected chi connectivity index (χ0v) is 14.7. The predicted molar refractivity (Wildman–Crippen MR) is 90.2 cm³/mol. The van der Waals surface area contributed by atoms with Crippen LogP contribution in [0.25, 0.3) is 0 Å². The minimum absolute atomic E-state index is 0.465. The van der Waals surface area contributed by atoms with E-state index < -0.39 is 0 Å². The molecule has 0 atom stereocenters. The molecule has 0 aromatic rings. The van der Waals surface area contributed by atoms with Crippen molar-refractivity contribution in [2.24, 2.45) is 11.3 Å². The maximum atomic E-state index is 3.67. The molecule has 20 heavy (non-hydrogen) atoms. The van der Waals surface area contributed by atoms with E-state index in [1.165, 1.54) is 58.0 Å². The maximum Gasteiger partial charge on any atom is 0.00926 e. The minimum Gasteiger partial charge on any atom is -0.316 e. The number of hydrogen-bond donors (Lipinski definition) is 1. The highest BCUT2D eigenvalue weighted by atomic mass is 15.1. The third-order valence-electron chi connectivity index (χ3n) is 5.62. The van der Waals surface area contributed by atoms with E-state index in [1.807, 2.05) is 0 Å². The minimum atomic E-state index is 0.465. The molecule has 2 nitrogen and oxygen atoms in total. The van der Waals surface area contributed by atoms with Gasteiger partial charge in [-0.25, -0.2) is 0 Å². The van der Waals surface area contributed by atoms with E-state index in [-0.39, 0.29) is 0 Å². The van der Waals surface area contributed by atoms with E-state index in [0.29, 0.717) is 5.41 Å². The zero-order chi connectivity index (χ0) is 15.0. The van der Waals surface area contributed by atoms with Crippen LogP contribution in [-0.2, 0) is 0 Å². The third kappa shape index (κ3) is 5.37. The first-order chi connectivity index (χ1) is 9.56. The van der Waals surface area contributed by atoms with E-state index in [1.54, 1.807) is 0 Å². The summed E-state index contributed by atoms with van der Waals surface area (Å²) in [5.41, 5.74) is 0.465. The Hall–Kier alpha value is -0.0800. The van der Waals surface area contributed by atoms with E-state index in [9.17, 15) is 0 Å². The Labute approximate surface area is 127 Å². The van der Waals surface area contributed by atoms with Crippen molar-refractivity contribution in [1.29, 1.82) is 0 Å². The van der Waals surface area contributed by atoms with Crippen LogP contribution in [0.3, 0.4) is 0 Å². The monoisotopic (exact) mass is 282 g/mol. The topological polar surface area (TPSA) is 15.3 Å². The Morgan fingerprint density at radius 2 is 1.65 bits per heavy atom. The Balaban J connectivity index is 2.50. The molecule has 1 aliphatic carbocycles. The second-order valence-electron chi connectivity index (χ2n) is 7.21. The summed E-state index contributed by atoms with van der Waals surface area (Å²) in [7, 11) is 2.36. The van der Waals surface area contributed by atoms with Gasteiger partial charge in [0.05, 0.1) is 0 Å². The van der Waals surface area contributed by atoms with Gasteiger partial charge < -0.3 is 10.2 Å². The second-order valence-corrected chi connectivity index (χ2v) is 7.21. The lowest BCUT2D eigenvalue weighted by molar-refractivity contribution is 0.0953. The molecule has 1 aliphatic rings. The quantitative estimate of drug-likeness (QED) is 0.634. The van der Waals surface area contributed by atoms with Crippen LogP contribution < -0.4 is 5.32 Å². The van der Waals surface area contributed by atoms with Crippen LogP contribution >= 0.6 is 0 Å². The molecule has 0 amide bonds. The first-order valence-electron chi connectivity index (χ1n) is 8.97. The van der Waals surface area contributed by atoms with Crippen LogP contribution in [0.1, 0.15) is 72.6 Å². The van der Waals surface area contributed by atoms with Gasteiger partial charge in [0.1, 0.15) is 0 Å². The first-order valence-corrected chi connectivity index (χ1v) is 8.97. The molecule has 0 radical (unpaired) electrons. The van der Waals surface area contributed by atoms with Crippen LogP contribution in [0.2, 0.25) is 0 Å². The van der Waals surface area contributed by atoms with Crippen molar-refractivity contribution in [2.45, 2.75) is 78.7 Å². The highest BCUT2D eigenvalue weighted by Crippen LogP contribution is 2.31. The van der Waals surface area contributed by atoms with Gasteiger partial charge in [0.2, 0.25) is 0 Å². The van der Waals surface area contributed by atoms with Gasteiger partial charge in [-0.2, -0.15) is 0 Å². The Bertz CT molecular complexity index is 240. The van der Waals surface area contributed by atoms with Gasteiger partial charge in [-0.05, 0) is 69.9 Å². The molecular formula is C18H38N2. The molecule has 0 spiro atoms. The van der Waals surface area contributed by atoms with E-state index >= 15 is 0 Å². The largest absolute Gasteiger partial charge is 0.316 e. The van der Waals surface area contributed by atoms with Crippen molar-refractivity contribution in [2.75, 3.05) is 26.7 Å². The third-order valence-corrected chi connectivity index (χ3v) is 5.62. The fourth-order valence-corrected chi connectivity index (χ4v) is 3.65. The molecule has 0 aromatic carbocycles. The van der Waals surface area contributed by atoms with Crippen LogP contribution in [-0.4, -0.2) is 37.6 Å². The maximum absolute atomic E-state index is 3.67. The van der Waals surface area contributed by atoms with Crippen LogP contribution in [0.15, 0.2) is 0 Å². The highest BCUT2D eigenvalue weighted by molar-refractivity contribution is 4.85. The number of hydrogen-bond acceptors (Lipinski definition) is 2. The zero-order valence-electron chi connectivity index (χ0n) is 14.7. The summed E-state index contributed by atoms with van der Waals surface area (Å²) in [6.45, 7) is 13.0. The van der Waals surface area contributed by atoms with Crippen LogP contribution in [0.5, 0.6) is 0 Å². The molecule has 2 heteroatoms. The molecule has 0 heterocycles. The van der Waals surface area contributed by atoms with Crippen molar-refractivity contribution in [1.82, 2.24) is 10.2 Å². The predicted octanol–water partition coefficient (Wildman–Crippen LogP) is 4.30. The average Bonchev–Trinajstić information content (AvgIpc) is 2.47. The van der Waals surface area contributed by atoms with Crippen molar-refractivity contribution in [3.63, 3.8) is 0 Å². The molecule has 1 N–H and O–H groups in total. The van der Waals surface area contributed by atoms with E-state index in [4.69, 9.17) is 0 Å². The van der Waals surface area contributed by atoms with Gasteiger partial charge in [-0.1, -0.05) is 27.7 Å². The van der Waals surface area contributed by atoms with Crippen molar-refractivity contribution in [3.05, 3.63) is 0 Å². The Morgan fingerprint density at radius 3 is 2.15 bits per heavy atom. The molecule has 1 rings (SSSR count). The molecular weight excluding hydrogens is 244 g/mol. The standard InChI is InChI=1S/C18H38N2/c1-6-13-19-14-18(7-2,8-3)15-20(5)17-11-9-16(4)10-12-17/h16-17,19H,6-15H2,1-5H3. The average molecular weight is 283 g/mol. The summed E-state index contributed by atoms with van der Waals surface area (Å²) in [6, 6.07) is 0.829. The molecule has 0 aromatic heterocycles. The molecule has 0 aliphatic heterocycles. The van der Waals surface area contributed by atoms with Crippen molar-refractivity contribution >= 4 is 0 Å². The summed E-state index contributed by atoms with van der Waals surface area (Å²) < 4.78 is 0. The molecule has 0 bridgehead atoms. The van der Waals surface area contributed by atoms with Gasteiger partial charge in [-0.3, -0.25) is 0 Å². The lowest BCUT2D eigenvalue weighted by atomic mass is 9.80. The molecule has 0 saturated heterocycles. The van der Waals surface area contributed by atoms with Crippen molar-refractivity contribution in [3.8, 4) is 0 Å². The number of nitrogens with zero attached hydrogens (tertiary/aromatic N) is 1. The molecule has 1 saturated carbocycles. The summed E-state index contributed by atoms with van der Waals surface area (Å²) in [5.74, 6) is 0.952. The molecule has 1 fully saturated rings. The fraction of sp³-hybridized carbons (Fsp3) is 1.00. The van der Waals surface area contributed by atoms with E-state index in [0.717, 1.165) is 18.5 Å². The van der Waals surface area contributed by atoms with Crippen LogP contribution in [0.4, 0.5) is 0 Å². The Morgan fingerprint density at radius 1 is 1.05 bits per heavy atom. The summed E-state index contributed by atoms with van der Waals surface area (Å²) in [5, 5.41) is 3.67. The second kappa shape index (κ2) is 9.04. The smallest absolute Gasteiger partial charge is 0.00926 e. The van der Waals surface area contributed by atoms with Gasteiger partial charge in [0.25, 0.3) is 0 Å². The first kappa shape index (κ1) is 18.0. The number of nitrogens with one attached hydrogen (secondary N) is 1. The van der Waals surface area contributed by atoms with Gasteiger partial charge in [0.15, 0.2) is 0 Å². The summed E-state index contributed by atoms with van der Waals surface area (Å²) >= 11 is 0. The summed E-state index contributed by atoms with van der Waals surface area (Å²) in [4.78, 5) is 2.67. The van der Waals surface area contributed by atoms with Gasteiger partial charge in [0, 0.05) is 19.1 Å². The normalized spacial score (nSPS) is 24.3. The SMILES string of the molecule is CCCNCC(CC)(CC)CN(C)C1CCC(C)CC1.